The lowest BCUT2D eigenvalue weighted by Gasteiger charge is -2.17. The molecule has 0 aliphatic heterocycles. The summed E-state index contributed by atoms with van der Waals surface area (Å²) in [5.74, 6) is 0.931. The van der Waals surface area contributed by atoms with E-state index in [0.717, 1.165) is 12.8 Å². The second-order valence-corrected chi connectivity index (χ2v) is 6.81. The molecule has 0 bridgehead atoms. The van der Waals surface area contributed by atoms with Gasteiger partial charge in [-0.3, -0.25) is 9.59 Å². The number of benzene rings is 2. The Morgan fingerprint density at radius 3 is 2.50 bits per heavy atom. The molecule has 0 saturated heterocycles. The lowest BCUT2D eigenvalue weighted by Crippen LogP contribution is -2.27. The highest BCUT2D eigenvalue weighted by molar-refractivity contribution is 5.95. The summed E-state index contributed by atoms with van der Waals surface area (Å²) in [6.45, 7) is 0.265. The van der Waals surface area contributed by atoms with E-state index < -0.39 is 0 Å². The minimum atomic E-state index is -0.190. The van der Waals surface area contributed by atoms with Gasteiger partial charge in [-0.25, -0.2) is 0 Å². The summed E-state index contributed by atoms with van der Waals surface area (Å²) in [4.78, 5) is 24.2. The number of nitrogens with one attached hydrogen (secondary N) is 2. The van der Waals surface area contributed by atoms with Gasteiger partial charge in [-0.2, -0.15) is 0 Å². The number of methoxy groups -OCH3 is 1. The topological polar surface area (TPSA) is 76.7 Å². The maximum atomic E-state index is 12.2. The van der Waals surface area contributed by atoms with Crippen LogP contribution in [0.2, 0.25) is 0 Å². The number of hydrogen-bond donors (Lipinski definition) is 2. The summed E-state index contributed by atoms with van der Waals surface area (Å²) in [7, 11) is 1.60. The molecule has 2 N–H and O–H groups in total. The minimum Gasteiger partial charge on any atom is -0.493 e. The van der Waals surface area contributed by atoms with Crippen LogP contribution in [-0.4, -0.2) is 31.6 Å². The fraction of sp³-hybridized carbons (Fsp3) is 0.364. The highest BCUT2D eigenvalue weighted by atomic mass is 16.5. The van der Waals surface area contributed by atoms with Crippen LogP contribution in [0.25, 0.3) is 0 Å². The van der Waals surface area contributed by atoms with Crippen LogP contribution in [-0.2, 0) is 4.79 Å². The second-order valence-electron chi connectivity index (χ2n) is 6.81. The van der Waals surface area contributed by atoms with Crippen molar-refractivity contribution in [3.8, 4) is 11.5 Å². The predicted molar refractivity (Wildman–Crippen MR) is 108 cm³/mol. The Morgan fingerprint density at radius 2 is 1.79 bits per heavy atom. The van der Waals surface area contributed by atoms with E-state index in [2.05, 4.69) is 10.6 Å². The SMILES string of the molecule is COc1ccc(NC(=O)CCNC(=O)c2ccccc2)cc1OC1CCCC1. The maximum absolute atomic E-state index is 12.2. The molecule has 2 aromatic rings. The molecule has 2 amide bonds. The van der Waals surface area contributed by atoms with Gasteiger partial charge < -0.3 is 20.1 Å². The summed E-state index contributed by atoms with van der Waals surface area (Å²) in [5, 5.41) is 5.60. The van der Waals surface area contributed by atoms with Gasteiger partial charge in [0, 0.05) is 30.3 Å². The van der Waals surface area contributed by atoms with E-state index in [1.165, 1.54) is 12.8 Å². The molecular weight excluding hydrogens is 356 g/mol. The number of anilines is 1. The zero-order valence-electron chi connectivity index (χ0n) is 16.1. The molecule has 0 spiro atoms. The van der Waals surface area contributed by atoms with Crippen molar-refractivity contribution in [3.05, 3.63) is 54.1 Å². The molecule has 6 nitrogen and oxygen atoms in total. The molecule has 0 heterocycles. The average Bonchev–Trinajstić information content (AvgIpc) is 3.22. The van der Waals surface area contributed by atoms with Gasteiger partial charge in [0.2, 0.25) is 5.91 Å². The first-order valence-corrected chi connectivity index (χ1v) is 9.63. The van der Waals surface area contributed by atoms with E-state index in [9.17, 15) is 9.59 Å². The number of carbonyl (C=O) groups excluding carboxylic acids is 2. The minimum absolute atomic E-state index is 0.176. The predicted octanol–water partition coefficient (Wildman–Crippen LogP) is 3.78. The quantitative estimate of drug-likeness (QED) is 0.729. The molecule has 0 radical (unpaired) electrons. The molecule has 2 aromatic carbocycles. The number of carbonyl (C=O) groups is 2. The molecule has 1 aliphatic rings. The third-order valence-corrected chi connectivity index (χ3v) is 4.72. The van der Waals surface area contributed by atoms with Gasteiger partial charge in [0.1, 0.15) is 0 Å². The fourth-order valence-electron chi connectivity index (χ4n) is 3.24. The van der Waals surface area contributed by atoms with E-state index in [1.54, 1.807) is 49.6 Å². The monoisotopic (exact) mass is 382 g/mol. The third-order valence-electron chi connectivity index (χ3n) is 4.72. The maximum Gasteiger partial charge on any atom is 0.251 e. The van der Waals surface area contributed by atoms with Crippen molar-refractivity contribution in [1.82, 2.24) is 5.32 Å². The Balaban J connectivity index is 1.51. The van der Waals surface area contributed by atoms with Crippen LogP contribution < -0.4 is 20.1 Å². The van der Waals surface area contributed by atoms with Crippen LogP contribution in [0.1, 0.15) is 42.5 Å². The van der Waals surface area contributed by atoms with E-state index >= 15 is 0 Å². The number of rotatable bonds is 8. The van der Waals surface area contributed by atoms with Gasteiger partial charge in [0.25, 0.3) is 5.91 Å². The summed E-state index contributed by atoms with van der Waals surface area (Å²) in [6.07, 6.45) is 4.83. The first-order chi connectivity index (χ1) is 13.7. The third kappa shape index (κ3) is 5.49. The molecule has 1 aliphatic carbocycles. The Morgan fingerprint density at radius 1 is 1.04 bits per heavy atom. The molecule has 148 valence electrons. The lowest BCUT2D eigenvalue weighted by atomic mass is 10.2. The van der Waals surface area contributed by atoms with Crippen molar-refractivity contribution in [2.75, 3.05) is 19.0 Å². The zero-order chi connectivity index (χ0) is 19.8. The van der Waals surface area contributed by atoms with Crippen LogP contribution in [0, 0.1) is 0 Å². The van der Waals surface area contributed by atoms with Crippen molar-refractivity contribution >= 4 is 17.5 Å². The Hall–Kier alpha value is -3.02. The first kappa shape index (κ1) is 19.7. The highest BCUT2D eigenvalue weighted by Gasteiger charge is 2.19. The van der Waals surface area contributed by atoms with Gasteiger partial charge >= 0.3 is 0 Å². The van der Waals surface area contributed by atoms with Crippen LogP contribution in [0.15, 0.2) is 48.5 Å². The lowest BCUT2D eigenvalue weighted by molar-refractivity contribution is -0.116. The number of amides is 2. The van der Waals surface area contributed by atoms with Crippen LogP contribution >= 0.6 is 0 Å². The van der Waals surface area contributed by atoms with Gasteiger partial charge in [-0.15, -0.1) is 0 Å². The van der Waals surface area contributed by atoms with Crippen molar-refractivity contribution in [2.45, 2.75) is 38.2 Å². The van der Waals surface area contributed by atoms with E-state index in [1.807, 2.05) is 6.07 Å². The summed E-state index contributed by atoms with van der Waals surface area (Å²) < 4.78 is 11.4. The fourth-order valence-corrected chi connectivity index (χ4v) is 3.24. The summed E-state index contributed by atoms with van der Waals surface area (Å²) in [5.41, 5.74) is 1.22. The Labute approximate surface area is 165 Å². The largest absolute Gasteiger partial charge is 0.493 e. The molecule has 0 aromatic heterocycles. The van der Waals surface area contributed by atoms with Crippen molar-refractivity contribution in [1.29, 1.82) is 0 Å². The summed E-state index contributed by atoms with van der Waals surface area (Å²) >= 11 is 0. The van der Waals surface area contributed by atoms with Gasteiger partial charge in [0.05, 0.1) is 13.2 Å². The van der Waals surface area contributed by atoms with E-state index in [-0.39, 0.29) is 30.9 Å². The zero-order valence-corrected chi connectivity index (χ0v) is 16.1. The van der Waals surface area contributed by atoms with Crippen LogP contribution in [0.3, 0.4) is 0 Å². The molecule has 3 rings (SSSR count). The first-order valence-electron chi connectivity index (χ1n) is 9.63. The van der Waals surface area contributed by atoms with Crippen LogP contribution in [0.4, 0.5) is 5.69 Å². The molecule has 28 heavy (non-hydrogen) atoms. The van der Waals surface area contributed by atoms with Crippen molar-refractivity contribution < 1.29 is 19.1 Å². The van der Waals surface area contributed by atoms with Crippen molar-refractivity contribution in [2.24, 2.45) is 0 Å². The molecule has 0 unspecified atom stereocenters. The van der Waals surface area contributed by atoms with Crippen molar-refractivity contribution in [3.63, 3.8) is 0 Å². The van der Waals surface area contributed by atoms with E-state index in [4.69, 9.17) is 9.47 Å². The molecule has 1 saturated carbocycles. The molecule has 1 fully saturated rings. The highest BCUT2D eigenvalue weighted by Crippen LogP contribution is 2.33. The van der Waals surface area contributed by atoms with E-state index in [0.29, 0.717) is 22.7 Å². The normalized spacial score (nSPS) is 13.8. The van der Waals surface area contributed by atoms with Gasteiger partial charge in [-0.05, 0) is 49.9 Å². The standard InChI is InChI=1S/C22H26N2O4/c1-27-19-12-11-17(15-20(19)28-18-9-5-6-10-18)24-21(25)13-14-23-22(26)16-7-3-2-4-8-16/h2-4,7-8,11-12,15,18H,5-6,9-10,13-14H2,1H3,(H,23,26)(H,24,25). The number of ether oxygens (including phenoxy) is 2. The Kier molecular flexibility index (Phi) is 6.89. The van der Waals surface area contributed by atoms with Crippen LogP contribution in [0.5, 0.6) is 11.5 Å². The number of hydrogen-bond acceptors (Lipinski definition) is 4. The summed E-state index contributed by atoms with van der Waals surface area (Å²) in [6, 6.07) is 14.3. The smallest absolute Gasteiger partial charge is 0.251 e. The molecule has 6 heteroatoms. The molecule has 0 atom stereocenters. The average molecular weight is 382 g/mol. The molecular formula is C22H26N2O4. The Bertz CT molecular complexity index is 801. The second kappa shape index (κ2) is 9.78. The van der Waals surface area contributed by atoms with Gasteiger partial charge in [-0.1, -0.05) is 18.2 Å². The van der Waals surface area contributed by atoms with Gasteiger partial charge in [0.15, 0.2) is 11.5 Å².